The van der Waals surface area contributed by atoms with Gasteiger partial charge in [0.05, 0.1) is 24.2 Å². The number of ether oxygens (including phenoxy) is 2. The number of anilines is 1. The monoisotopic (exact) mass is 579 g/mol. The Morgan fingerprint density at radius 2 is 1.53 bits per heavy atom. The summed E-state index contributed by atoms with van der Waals surface area (Å²) in [5.41, 5.74) is 11.4. The van der Waals surface area contributed by atoms with E-state index < -0.39 is 23.5 Å². The molecule has 43 heavy (non-hydrogen) atoms. The Balaban J connectivity index is 1.33. The molecule has 0 aliphatic carbocycles. The van der Waals surface area contributed by atoms with Gasteiger partial charge in [0.25, 0.3) is 0 Å². The van der Waals surface area contributed by atoms with Crippen LogP contribution in [0.2, 0.25) is 0 Å². The van der Waals surface area contributed by atoms with Crippen molar-refractivity contribution in [2.24, 2.45) is 0 Å². The number of rotatable bonds is 9. The minimum atomic E-state index is -0.665. The highest BCUT2D eigenvalue weighted by Gasteiger charge is 2.42. The number of nitrogen functional groups attached to an aromatic ring is 1. The average molecular weight is 580 g/mol. The third kappa shape index (κ3) is 6.67. The lowest BCUT2D eigenvalue weighted by atomic mass is 9.80. The molecule has 2 atom stereocenters. The van der Waals surface area contributed by atoms with Crippen LogP contribution in [-0.4, -0.2) is 49.2 Å². The SMILES string of the molecule is COC(=O)C1=C(C)NC(C)=C(C(=O)OC2(C)CCN(CCC(c3ccccc3)c3ccccc3)C2)C1c1cccc(N)c1. The highest BCUT2D eigenvalue weighted by Crippen LogP contribution is 2.41. The molecule has 7 nitrogen and oxygen atoms in total. The maximum atomic E-state index is 14.0. The quantitative estimate of drug-likeness (QED) is 0.241. The van der Waals surface area contributed by atoms with Crippen LogP contribution in [0.1, 0.15) is 62.1 Å². The lowest BCUT2D eigenvalue weighted by Crippen LogP contribution is -2.39. The zero-order valence-corrected chi connectivity index (χ0v) is 25.4. The zero-order valence-electron chi connectivity index (χ0n) is 25.4. The van der Waals surface area contributed by atoms with E-state index in [2.05, 4.69) is 58.7 Å². The first-order chi connectivity index (χ1) is 20.7. The van der Waals surface area contributed by atoms with Gasteiger partial charge >= 0.3 is 11.9 Å². The van der Waals surface area contributed by atoms with Gasteiger partial charge in [-0.3, -0.25) is 4.90 Å². The lowest BCUT2D eigenvalue weighted by molar-refractivity contribution is -0.152. The standard InChI is InChI=1S/C36H41N3O4/c1-24-31(34(40)42-4)33(28-16-11-17-29(37)22-28)32(25(2)38-24)35(41)43-36(3)19-21-39(23-36)20-18-30(26-12-7-5-8-13-26)27-14-9-6-10-15-27/h5-17,22,30,33,38H,18-21,23,37H2,1-4H3. The van der Waals surface area contributed by atoms with Gasteiger partial charge in [-0.1, -0.05) is 72.8 Å². The number of hydrogen-bond acceptors (Lipinski definition) is 7. The van der Waals surface area contributed by atoms with E-state index in [9.17, 15) is 9.59 Å². The number of nitrogens with two attached hydrogens (primary N) is 1. The van der Waals surface area contributed by atoms with Crippen molar-refractivity contribution in [2.45, 2.75) is 51.0 Å². The van der Waals surface area contributed by atoms with E-state index in [0.717, 1.165) is 31.5 Å². The summed E-state index contributed by atoms with van der Waals surface area (Å²) in [4.78, 5) is 29.4. The van der Waals surface area contributed by atoms with E-state index in [1.165, 1.54) is 18.2 Å². The molecule has 3 aromatic carbocycles. The third-order valence-corrected chi connectivity index (χ3v) is 8.62. The molecule has 2 heterocycles. The van der Waals surface area contributed by atoms with E-state index in [1.807, 2.05) is 45.0 Å². The molecule has 0 radical (unpaired) electrons. The fourth-order valence-corrected chi connectivity index (χ4v) is 6.50. The molecule has 0 aromatic heterocycles. The van der Waals surface area contributed by atoms with Crippen LogP contribution in [0.25, 0.3) is 0 Å². The normalized spacial score (nSPS) is 20.7. The summed E-state index contributed by atoms with van der Waals surface area (Å²) in [7, 11) is 1.34. The maximum absolute atomic E-state index is 14.0. The fraction of sp³-hybridized carbons (Fsp3) is 0.333. The van der Waals surface area contributed by atoms with E-state index in [-0.39, 0.29) is 5.92 Å². The first kappa shape index (κ1) is 30.1. The average Bonchev–Trinajstić information content (AvgIpc) is 3.37. The number of methoxy groups -OCH3 is 1. The van der Waals surface area contributed by atoms with Crippen molar-refractivity contribution >= 4 is 17.6 Å². The first-order valence-corrected chi connectivity index (χ1v) is 14.9. The van der Waals surface area contributed by atoms with Gasteiger partial charge in [-0.2, -0.15) is 0 Å². The molecular weight excluding hydrogens is 538 g/mol. The largest absolute Gasteiger partial charge is 0.466 e. The number of nitrogens with one attached hydrogen (secondary N) is 1. The lowest BCUT2D eigenvalue weighted by Gasteiger charge is -2.33. The summed E-state index contributed by atoms with van der Waals surface area (Å²) in [6.07, 6.45) is 1.68. The predicted molar refractivity (Wildman–Crippen MR) is 169 cm³/mol. The van der Waals surface area contributed by atoms with Gasteiger partial charge < -0.3 is 20.5 Å². The van der Waals surface area contributed by atoms with Crippen LogP contribution in [0.15, 0.2) is 107 Å². The van der Waals surface area contributed by atoms with Gasteiger partial charge in [0.2, 0.25) is 0 Å². The Kier molecular flexibility index (Phi) is 9.02. The van der Waals surface area contributed by atoms with Gasteiger partial charge in [-0.15, -0.1) is 0 Å². The molecule has 0 spiro atoms. The molecule has 1 saturated heterocycles. The molecule has 2 aliphatic rings. The molecule has 2 unspecified atom stereocenters. The molecule has 1 fully saturated rings. The van der Waals surface area contributed by atoms with E-state index in [1.54, 1.807) is 12.1 Å². The van der Waals surface area contributed by atoms with Crippen molar-refractivity contribution in [1.29, 1.82) is 0 Å². The maximum Gasteiger partial charge on any atom is 0.337 e. The third-order valence-electron chi connectivity index (χ3n) is 8.62. The Bertz CT molecular complexity index is 1490. The number of carbonyl (C=O) groups is 2. The first-order valence-electron chi connectivity index (χ1n) is 14.9. The smallest absolute Gasteiger partial charge is 0.337 e. The zero-order chi connectivity index (χ0) is 30.6. The van der Waals surface area contributed by atoms with Crippen molar-refractivity contribution in [1.82, 2.24) is 10.2 Å². The van der Waals surface area contributed by atoms with Crippen LogP contribution in [0, 0.1) is 0 Å². The molecular formula is C36H41N3O4. The summed E-state index contributed by atoms with van der Waals surface area (Å²) in [5.74, 6) is -1.32. The number of dihydropyridines is 1. The van der Waals surface area contributed by atoms with Crippen LogP contribution >= 0.6 is 0 Å². The number of esters is 2. The van der Waals surface area contributed by atoms with Crippen molar-refractivity contribution in [3.8, 4) is 0 Å². The Labute approximate surface area is 254 Å². The molecule has 0 amide bonds. The predicted octanol–water partition coefficient (Wildman–Crippen LogP) is 5.91. The second-order valence-corrected chi connectivity index (χ2v) is 11.8. The second kappa shape index (κ2) is 12.9. The fourth-order valence-electron chi connectivity index (χ4n) is 6.50. The molecule has 224 valence electrons. The number of likely N-dealkylation sites (tertiary alicyclic amines) is 1. The number of benzene rings is 3. The molecule has 3 N–H and O–H groups in total. The molecule has 0 saturated carbocycles. The highest BCUT2D eigenvalue weighted by molar-refractivity contribution is 6.00. The topological polar surface area (TPSA) is 93.9 Å². The summed E-state index contributed by atoms with van der Waals surface area (Å²) in [6, 6.07) is 28.5. The summed E-state index contributed by atoms with van der Waals surface area (Å²) >= 11 is 0. The Hall–Kier alpha value is -4.36. The van der Waals surface area contributed by atoms with Crippen LogP contribution in [-0.2, 0) is 19.1 Å². The number of nitrogens with zero attached hydrogens (tertiary/aromatic N) is 1. The summed E-state index contributed by atoms with van der Waals surface area (Å²) in [6.45, 7) is 8.00. The van der Waals surface area contributed by atoms with Crippen LogP contribution in [0.3, 0.4) is 0 Å². The molecule has 7 heteroatoms. The van der Waals surface area contributed by atoms with Crippen LogP contribution in [0.4, 0.5) is 5.69 Å². The van der Waals surface area contributed by atoms with Gasteiger partial charge in [0.15, 0.2) is 0 Å². The van der Waals surface area contributed by atoms with E-state index >= 15 is 0 Å². The summed E-state index contributed by atoms with van der Waals surface area (Å²) in [5, 5.41) is 3.22. The van der Waals surface area contributed by atoms with E-state index in [0.29, 0.717) is 34.8 Å². The van der Waals surface area contributed by atoms with E-state index in [4.69, 9.17) is 15.2 Å². The second-order valence-electron chi connectivity index (χ2n) is 11.8. The molecule has 0 bridgehead atoms. The highest BCUT2D eigenvalue weighted by atomic mass is 16.6. The van der Waals surface area contributed by atoms with Gasteiger partial charge in [-0.25, -0.2) is 9.59 Å². The number of hydrogen-bond donors (Lipinski definition) is 2. The Morgan fingerprint density at radius 1 is 0.930 bits per heavy atom. The van der Waals surface area contributed by atoms with Crippen LogP contribution < -0.4 is 11.1 Å². The number of allylic oxidation sites excluding steroid dienone is 2. The summed E-state index contributed by atoms with van der Waals surface area (Å²) < 4.78 is 11.4. The minimum absolute atomic E-state index is 0.281. The van der Waals surface area contributed by atoms with Gasteiger partial charge in [0, 0.05) is 42.5 Å². The molecule has 5 rings (SSSR count). The van der Waals surface area contributed by atoms with Crippen molar-refractivity contribution in [3.05, 3.63) is 124 Å². The van der Waals surface area contributed by atoms with Crippen LogP contribution in [0.5, 0.6) is 0 Å². The van der Waals surface area contributed by atoms with Gasteiger partial charge in [-0.05, 0) is 62.6 Å². The number of carbonyl (C=O) groups excluding carboxylic acids is 2. The molecule has 3 aromatic rings. The molecule has 2 aliphatic heterocycles. The van der Waals surface area contributed by atoms with Gasteiger partial charge in [0.1, 0.15) is 5.60 Å². The Morgan fingerprint density at radius 3 is 2.12 bits per heavy atom. The van der Waals surface area contributed by atoms with Crippen molar-refractivity contribution < 1.29 is 19.1 Å². The van der Waals surface area contributed by atoms with Crippen molar-refractivity contribution in [2.75, 3.05) is 32.5 Å². The van der Waals surface area contributed by atoms with Crippen molar-refractivity contribution in [3.63, 3.8) is 0 Å². The minimum Gasteiger partial charge on any atom is -0.466 e.